The monoisotopic (exact) mass is 534 g/mol. The Morgan fingerprint density at radius 1 is 0.921 bits per heavy atom. The Balaban J connectivity index is 1.37. The van der Waals surface area contributed by atoms with E-state index in [0.29, 0.717) is 36.8 Å². The highest BCUT2D eigenvalue weighted by Gasteiger charge is 2.29. The largest absolute Gasteiger partial charge is 0.497 e. The van der Waals surface area contributed by atoms with Crippen LogP contribution in [0.3, 0.4) is 0 Å². The number of halogens is 1. The minimum Gasteiger partial charge on any atom is -0.497 e. The number of nitrogens with zero attached hydrogens (tertiary/aromatic N) is 3. The third-order valence-electron chi connectivity index (χ3n) is 7.74. The number of carbonyl (C=O) groups excluding carboxylic acids is 2. The zero-order valence-electron chi connectivity index (χ0n) is 22.1. The molecule has 3 aromatic rings. The number of nitrogens with one attached hydrogen (secondary N) is 1. The minimum absolute atomic E-state index is 0.00755. The highest BCUT2D eigenvalue weighted by molar-refractivity contribution is 6.32. The van der Waals surface area contributed by atoms with Crippen LogP contribution in [0, 0.1) is 6.92 Å². The van der Waals surface area contributed by atoms with Crippen LogP contribution in [0.5, 0.6) is 5.75 Å². The van der Waals surface area contributed by atoms with Crippen LogP contribution < -0.4 is 10.1 Å². The van der Waals surface area contributed by atoms with Gasteiger partial charge in [-0.25, -0.2) is 4.79 Å². The molecule has 0 spiro atoms. The number of urea groups is 1. The number of hydrogen-bond donors (Lipinski definition) is 1. The lowest BCUT2D eigenvalue weighted by Crippen LogP contribution is -2.54. The molecule has 0 radical (unpaired) electrons. The van der Waals surface area contributed by atoms with Crippen LogP contribution in [0.25, 0.3) is 16.9 Å². The minimum atomic E-state index is -0.0320. The molecular formula is C30H35ClN4O3. The van der Waals surface area contributed by atoms with Crippen molar-refractivity contribution < 1.29 is 14.3 Å². The van der Waals surface area contributed by atoms with Crippen molar-refractivity contribution in [3.05, 3.63) is 70.9 Å². The Labute approximate surface area is 229 Å². The highest BCUT2D eigenvalue weighted by atomic mass is 35.5. The quantitative estimate of drug-likeness (QED) is 0.442. The lowest BCUT2D eigenvalue weighted by Gasteiger charge is -2.36. The van der Waals surface area contributed by atoms with Crippen LogP contribution in [0.4, 0.5) is 4.79 Å². The van der Waals surface area contributed by atoms with E-state index >= 15 is 0 Å². The molecule has 2 heterocycles. The number of carbonyl (C=O) groups is 2. The molecular weight excluding hydrogens is 500 g/mol. The smallest absolute Gasteiger partial charge is 0.317 e. The van der Waals surface area contributed by atoms with Crippen LogP contribution in [-0.4, -0.2) is 65.6 Å². The number of hydrogen-bond acceptors (Lipinski definition) is 3. The second-order valence-electron chi connectivity index (χ2n) is 10.1. The maximum atomic E-state index is 13.8. The summed E-state index contributed by atoms with van der Waals surface area (Å²) in [6.07, 6.45) is 5.73. The maximum absolute atomic E-state index is 13.8. The predicted octanol–water partition coefficient (Wildman–Crippen LogP) is 5.91. The van der Waals surface area contributed by atoms with E-state index in [2.05, 4.69) is 5.32 Å². The number of benzene rings is 2. The van der Waals surface area contributed by atoms with Gasteiger partial charge in [0.25, 0.3) is 5.91 Å². The molecule has 0 atom stereocenters. The molecule has 8 heteroatoms. The van der Waals surface area contributed by atoms with Crippen molar-refractivity contribution in [2.45, 2.75) is 45.1 Å². The van der Waals surface area contributed by atoms with Gasteiger partial charge in [-0.2, -0.15) is 0 Å². The van der Waals surface area contributed by atoms with Gasteiger partial charge in [-0.05, 0) is 67.8 Å². The summed E-state index contributed by atoms with van der Waals surface area (Å²) >= 11 is 6.61. The summed E-state index contributed by atoms with van der Waals surface area (Å²) < 4.78 is 7.38. The molecule has 2 fully saturated rings. The van der Waals surface area contributed by atoms with Gasteiger partial charge in [-0.1, -0.05) is 43.0 Å². The van der Waals surface area contributed by atoms with Crippen LogP contribution in [0.1, 0.15) is 48.2 Å². The van der Waals surface area contributed by atoms with Crippen LogP contribution in [0.2, 0.25) is 5.02 Å². The number of amides is 3. The summed E-state index contributed by atoms with van der Waals surface area (Å²) in [6, 6.07) is 17.7. The Hall–Kier alpha value is -3.45. The van der Waals surface area contributed by atoms with Crippen molar-refractivity contribution in [2.24, 2.45) is 0 Å². The summed E-state index contributed by atoms with van der Waals surface area (Å²) in [5, 5.41) is 3.80. The van der Waals surface area contributed by atoms with Gasteiger partial charge >= 0.3 is 6.03 Å². The summed E-state index contributed by atoms with van der Waals surface area (Å²) in [7, 11) is 1.64. The molecule has 2 aliphatic rings. The van der Waals surface area contributed by atoms with Crippen LogP contribution in [-0.2, 0) is 0 Å². The molecule has 1 aliphatic carbocycles. The second-order valence-corrected chi connectivity index (χ2v) is 10.5. The van der Waals surface area contributed by atoms with Crippen molar-refractivity contribution in [1.29, 1.82) is 0 Å². The van der Waals surface area contributed by atoms with Gasteiger partial charge in [0, 0.05) is 37.9 Å². The van der Waals surface area contributed by atoms with Crippen molar-refractivity contribution >= 4 is 23.5 Å². The van der Waals surface area contributed by atoms with E-state index in [9.17, 15) is 9.59 Å². The van der Waals surface area contributed by atoms with Crippen LogP contribution in [0.15, 0.2) is 54.6 Å². The first-order valence-corrected chi connectivity index (χ1v) is 13.8. The standard InChI is InChI=1S/C30H35ClN4O3/c1-21-25(29(36)33-16-18-34(19-17-33)30(37)32-23-8-4-3-5-9-23)20-28(22-12-14-24(38-2)15-13-22)35(21)27-11-7-6-10-26(27)31/h6-7,10-15,20,23H,3-5,8-9,16-19H2,1-2H3,(H,32,37). The molecule has 1 saturated heterocycles. The maximum Gasteiger partial charge on any atom is 0.317 e. The zero-order valence-corrected chi connectivity index (χ0v) is 22.8. The normalized spacial score (nSPS) is 16.4. The second kappa shape index (κ2) is 11.5. The molecule has 38 heavy (non-hydrogen) atoms. The van der Waals surface area contributed by atoms with E-state index < -0.39 is 0 Å². The molecule has 1 saturated carbocycles. The van der Waals surface area contributed by atoms with Crippen molar-refractivity contribution in [1.82, 2.24) is 19.7 Å². The molecule has 0 bridgehead atoms. The molecule has 1 N–H and O–H groups in total. The first-order chi connectivity index (χ1) is 18.5. The third-order valence-corrected chi connectivity index (χ3v) is 8.06. The Bertz CT molecular complexity index is 1290. The molecule has 7 nitrogen and oxygen atoms in total. The number of para-hydroxylation sites is 1. The molecule has 1 aromatic heterocycles. The highest BCUT2D eigenvalue weighted by Crippen LogP contribution is 2.34. The zero-order chi connectivity index (χ0) is 26.6. The number of piperazine rings is 1. The third kappa shape index (κ3) is 5.39. The Morgan fingerprint density at radius 2 is 1.58 bits per heavy atom. The van der Waals surface area contributed by atoms with Gasteiger partial charge in [-0.15, -0.1) is 0 Å². The predicted molar refractivity (Wildman–Crippen MR) is 150 cm³/mol. The fourth-order valence-corrected chi connectivity index (χ4v) is 5.76. The molecule has 2 aromatic carbocycles. The molecule has 0 unspecified atom stereocenters. The van der Waals surface area contributed by atoms with E-state index in [1.807, 2.05) is 75.9 Å². The summed E-state index contributed by atoms with van der Waals surface area (Å²) in [5.41, 5.74) is 4.12. The molecule has 1 aliphatic heterocycles. The van der Waals surface area contributed by atoms with E-state index in [4.69, 9.17) is 16.3 Å². The Kier molecular flexibility index (Phi) is 7.93. The van der Waals surface area contributed by atoms with E-state index in [-0.39, 0.29) is 18.0 Å². The molecule has 5 rings (SSSR count). The first-order valence-electron chi connectivity index (χ1n) is 13.4. The lowest BCUT2D eigenvalue weighted by molar-refractivity contribution is 0.0662. The van der Waals surface area contributed by atoms with E-state index in [1.165, 1.54) is 19.3 Å². The van der Waals surface area contributed by atoms with Crippen LogP contribution >= 0.6 is 11.6 Å². The first kappa shape index (κ1) is 26.2. The topological polar surface area (TPSA) is 66.8 Å². The van der Waals surface area contributed by atoms with Gasteiger partial charge in [0.05, 0.1) is 29.1 Å². The van der Waals surface area contributed by atoms with E-state index in [1.54, 1.807) is 7.11 Å². The van der Waals surface area contributed by atoms with Gasteiger partial charge < -0.3 is 24.4 Å². The SMILES string of the molecule is COc1ccc(-c2cc(C(=O)N3CCN(C(=O)NC4CCCCC4)CC3)c(C)n2-c2ccccc2Cl)cc1. The summed E-state index contributed by atoms with van der Waals surface area (Å²) in [4.78, 5) is 30.2. The average Bonchev–Trinajstić information content (AvgIpc) is 3.30. The summed E-state index contributed by atoms with van der Waals surface area (Å²) in [5.74, 6) is 0.735. The summed E-state index contributed by atoms with van der Waals surface area (Å²) in [6.45, 7) is 4.02. The van der Waals surface area contributed by atoms with Gasteiger partial charge in [0.1, 0.15) is 5.75 Å². The van der Waals surface area contributed by atoms with Crippen molar-refractivity contribution in [3.8, 4) is 22.7 Å². The Morgan fingerprint density at radius 3 is 2.24 bits per heavy atom. The fourth-order valence-electron chi connectivity index (χ4n) is 5.54. The van der Waals surface area contributed by atoms with Crippen molar-refractivity contribution in [2.75, 3.05) is 33.3 Å². The molecule has 3 amide bonds. The lowest BCUT2D eigenvalue weighted by atomic mass is 9.96. The average molecular weight is 535 g/mol. The number of rotatable bonds is 5. The van der Waals surface area contributed by atoms with Gasteiger partial charge in [0.2, 0.25) is 0 Å². The number of methoxy groups -OCH3 is 1. The van der Waals surface area contributed by atoms with E-state index in [0.717, 1.165) is 41.2 Å². The van der Waals surface area contributed by atoms with Gasteiger partial charge in [0.15, 0.2) is 0 Å². The fraction of sp³-hybridized carbons (Fsp3) is 0.400. The molecule has 200 valence electrons. The van der Waals surface area contributed by atoms with Gasteiger partial charge in [-0.3, -0.25) is 4.79 Å². The number of aromatic nitrogens is 1. The van der Waals surface area contributed by atoms with Crippen molar-refractivity contribution in [3.63, 3.8) is 0 Å². The number of ether oxygens (including phenoxy) is 1.